The summed E-state index contributed by atoms with van der Waals surface area (Å²) in [6.45, 7) is 6.84. The van der Waals surface area contributed by atoms with Gasteiger partial charge in [-0.3, -0.25) is 0 Å². The van der Waals surface area contributed by atoms with Crippen LogP contribution in [0.1, 0.15) is 26.3 Å². The second-order valence-corrected chi connectivity index (χ2v) is 5.01. The van der Waals surface area contributed by atoms with Gasteiger partial charge in [0.2, 0.25) is 0 Å². The molecule has 2 N–H and O–H groups in total. The van der Waals surface area contributed by atoms with Crippen LogP contribution in [0.2, 0.25) is 0 Å². The minimum Gasteiger partial charge on any atom is -0.392 e. The average molecular weight is 254 g/mol. The molecule has 1 aromatic rings. The summed E-state index contributed by atoms with van der Waals surface area (Å²) in [5.74, 6) is -0.249. The summed E-state index contributed by atoms with van der Waals surface area (Å²) in [6.07, 6.45) is -0.486. The maximum Gasteiger partial charge on any atom is 0.146 e. The van der Waals surface area contributed by atoms with Gasteiger partial charge < -0.3 is 15.3 Å². The lowest BCUT2D eigenvalue weighted by atomic mass is 10.1. The minimum absolute atomic E-state index is 0.249. The monoisotopic (exact) mass is 254 g/mol. The van der Waals surface area contributed by atoms with Crippen molar-refractivity contribution in [2.24, 2.45) is 0 Å². The first-order valence-corrected chi connectivity index (χ1v) is 6.31. The summed E-state index contributed by atoms with van der Waals surface area (Å²) >= 11 is 0. The fourth-order valence-electron chi connectivity index (χ4n) is 1.93. The molecule has 3 nitrogen and oxygen atoms in total. The largest absolute Gasteiger partial charge is 0.392 e. The molecule has 0 aliphatic carbocycles. The van der Waals surface area contributed by atoms with E-state index < -0.39 is 6.10 Å². The van der Waals surface area contributed by atoms with Crippen molar-refractivity contribution in [3.8, 4) is 0 Å². The molecule has 1 unspecified atom stereocenters. The molecule has 1 rings (SSSR count). The molecule has 4 heteroatoms. The smallest absolute Gasteiger partial charge is 0.146 e. The van der Waals surface area contributed by atoms with Crippen molar-refractivity contribution >= 4 is 5.69 Å². The normalized spacial score (nSPS) is 12.8. The third-order valence-electron chi connectivity index (χ3n) is 2.69. The highest BCUT2D eigenvalue weighted by atomic mass is 19.1. The van der Waals surface area contributed by atoms with Gasteiger partial charge in [0.25, 0.3) is 0 Å². The van der Waals surface area contributed by atoms with Crippen LogP contribution in [0.15, 0.2) is 18.2 Å². The molecule has 0 fully saturated rings. The Bertz CT molecular complexity index is 380. The van der Waals surface area contributed by atoms with E-state index in [2.05, 4.69) is 19.2 Å². The summed E-state index contributed by atoms with van der Waals surface area (Å²) in [4.78, 5) is 1.76. The summed E-state index contributed by atoms with van der Waals surface area (Å²) < 4.78 is 13.9. The molecule has 0 bridgehead atoms. The summed E-state index contributed by atoms with van der Waals surface area (Å²) in [7, 11) is 1.80. The third-order valence-corrected chi connectivity index (χ3v) is 2.69. The van der Waals surface area contributed by atoms with Gasteiger partial charge in [0, 0.05) is 26.2 Å². The van der Waals surface area contributed by atoms with E-state index in [9.17, 15) is 9.50 Å². The second-order valence-electron chi connectivity index (χ2n) is 5.01. The van der Waals surface area contributed by atoms with E-state index in [1.165, 1.54) is 6.07 Å². The summed E-state index contributed by atoms with van der Waals surface area (Å²) in [5.41, 5.74) is 1.47. The fourth-order valence-corrected chi connectivity index (χ4v) is 1.93. The fraction of sp³-hybridized carbons (Fsp3) is 0.571. The Morgan fingerprint density at radius 3 is 2.56 bits per heavy atom. The number of anilines is 1. The van der Waals surface area contributed by atoms with Crippen LogP contribution >= 0.6 is 0 Å². The van der Waals surface area contributed by atoms with Crippen molar-refractivity contribution in [1.82, 2.24) is 5.32 Å². The number of hydrogen-bond acceptors (Lipinski definition) is 3. The topological polar surface area (TPSA) is 35.5 Å². The lowest BCUT2D eigenvalue weighted by molar-refractivity contribution is 0.201. The van der Waals surface area contributed by atoms with Crippen LogP contribution in [-0.4, -0.2) is 30.8 Å². The standard InChI is InChI=1S/C14H23FN2O/c1-10(2)16-8-12-6-5-7-13(15)14(12)17(4)9-11(3)18/h5-7,10-11,16,18H,8-9H2,1-4H3. The number of benzene rings is 1. The molecule has 0 radical (unpaired) electrons. The predicted molar refractivity (Wildman–Crippen MR) is 73.3 cm³/mol. The van der Waals surface area contributed by atoms with Crippen molar-refractivity contribution in [2.75, 3.05) is 18.5 Å². The lowest BCUT2D eigenvalue weighted by Crippen LogP contribution is -2.30. The van der Waals surface area contributed by atoms with Crippen LogP contribution in [0.5, 0.6) is 0 Å². The third kappa shape index (κ3) is 4.27. The average Bonchev–Trinajstić information content (AvgIpc) is 2.24. The molecule has 18 heavy (non-hydrogen) atoms. The van der Waals surface area contributed by atoms with E-state index in [1.54, 1.807) is 24.9 Å². The number of nitrogens with one attached hydrogen (secondary N) is 1. The highest BCUT2D eigenvalue weighted by Crippen LogP contribution is 2.23. The van der Waals surface area contributed by atoms with E-state index in [0.29, 0.717) is 24.8 Å². The quantitative estimate of drug-likeness (QED) is 0.816. The molecule has 1 aromatic carbocycles. The first-order chi connectivity index (χ1) is 8.41. The summed E-state index contributed by atoms with van der Waals surface area (Å²) in [6, 6.07) is 5.43. The van der Waals surface area contributed by atoms with Crippen molar-refractivity contribution in [3.05, 3.63) is 29.6 Å². The molecule has 0 aromatic heterocycles. The highest BCUT2D eigenvalue weighted by Gasteiger charge is 2.14. The van der Waals surface area contributed by atoms with E-state index in [1.807, 2.05) is 6.07 Å². The van der Waals surface area contributed by atoms with Gasteiger partial charge in [0.1, 0.15) is 5.82 Å². The van der Waals surface area contributed by atoms with Gasteiger partial charge in [-0.2, -0.15) is 0 Å². The van der Waals surface area contributed by atoms with Gasteiger partial charge in [-0.25, -0.2) is 4.39 Å². The number of aliphatic hydroxyl groups is 1. The van der Waals surface area contributed by atoms with E-state index in [-0.39, 0.29) is 5.82 Å². The number of para-hydroxylation sites is 1. The molecular formula is C14H23FN2O. The number of halogens is 1. The lowest BCUT2D eigenvalue weighted by Gasteiger charge is -2.24. The maximum absolute atomic E-state index is 13.9. The van der Waals surface area contributed by atoms with Crippen molar-refractivity contribution in [1.29, 1.82) is 0 Å². The molecule has 0 saturated heterocycles. The highest BCUT2D eigenvalue weighted by molar-refractivity contribution is 5.54. The first-order valence-electron chi connectivity index (χ1n) is 6.31. The molecule has 0 aliphatic heterocycles. The zero-order valence-corrected chi connectivity index (χ0v) is 11.6. The Morgan fingerprint density at radius 1 is 1.33 bits per heavy atom. The zero-order valence-electron chi connectivity index (χ0n) is 11.6. The van der Waals surface area contributed by atoms with E-state index in [0.717, 1.165) is 5.56 Å². The van der Waals surface area contributed by atoms with Gasteiger partial charge >= 0.3 is 0 Å². The minimum atomic E-state index is -0.486. The number of nitrogens with zero attached hydrogens (tertiary/aromatic N) is 1. The Balaban J connectivity index is 2.92. The molecule has 102 valence electrons. The van der Waals surface area contributed by atoms with Crippen molar-refractivity contribution in [3.63, 3.8) is 0 Å². The maximum atomic E-state index is 13.9. The van der Waals surface area contributed by atoms with E-state index >= 15 is 0 Å². The van der Waals surface area contributed by atoms with Crippen molar-refractivity contribution < 1.29 is 9.50 Å². The molecule has 0 amide bonds. The van der Waals surface area contributed by atoms with Gasteiger partial charge in [-0.15, -0.1) is 0 Å². The Labute approximate surface area is 109 Å². The SMILES string of the molecule is CC(O)CN(C)c1c(F)cccc1CNC(C)C. The number of aliphatic hydroxyl groups excluding tert-OH is 1. The number of rotatable bonds is 6. The van der Waals surface area contributed by atoms with Gasteiger partial charge in [0.15, 0.2) is 0 Å². The molecule has 0 heterocycles. The Kier molecular flexibility index (Phi) is 5.56. The van der Waals surface area contributed by atoms with Crippen LogP contribution in [0.25, 0.3) is 0 Å². The van der Waals surface area contributed by atoms with Crippen LogP contribution in [-0.2, 0) is 6.54 Å². The Hall–Kier alpha value is -1.13. The molecule has 0 saturated carbocycles. The van der Waals surface area contributed by atoms with Crippen LogP contribution in [0.3, 0.4) is 0 Å². The van der Waals surface area contributed by atoms with Crippen LogP contribution in [0.4, 0.5) is 10.1 Å². The van der Waals surface area contributed by atoms with E-state index in [4.69, 9.17) is 0 Å². The molecule has 1 atom stereocenters. The molecule has 0 spiro atoms. The van der Waals surface area contributed by atoms with Gasteiger partial charge in [0.05, 0.1) is 11.8 Å². The second kappa shape index (κ2) is 6.71. The zero-order chi connectivity index (χ0) is 13.7. The van der Waals surface area contributed by atoms with Crippen LogP contribution in [0, 0.1) is 5.82 Å². The van der Waals surface area contributed by atoms with Crippen molar-refractivity contribution in [2.45, 2.75) is 39.5 Å². The summed E-state index contributed by atoms with van der Waals surface area (Å²) in [5, 5.41) is 12.7. The van der Waals surface area contributed by atoms with Gasteiger partial charge in [-0.1, -0.05) is 26.0 Å². The number of hydrogen-bond donors (Lipinski definition) is 2. The van der Waals surface area contributed by atoms with Crippen LogP contribution < -0.4 is 10.2 Å². The molecular weight excluding hydrogens is 231 g/mol. The number of likely N-dealkylation sites (N-methyl/N-ethyl adjacent to an activating group) is 1. The predicted octanol–water partition coefficient (Wildman–Crippen LogP) is 2.14. The van der Waals surface area contributed by atoms with Gasteiger partial charge in [-0.05, 0) is 18.6 Å². The first kappa shape index (κ1) is 14.9. The Morgan fingerprint density at radius 2 is 2.00 bits per heavy atom. The molecule has 0 aliphatic rings.